The van der Waals surface area contributed by atoms with E-state index in [-0.39, 0.29) is 5.54 Å². The predicted octanol–water partition coefficient (Wildman–Crippen LogP) is 1.63. The van der Waals surface area contributed by atoms with Gasteiger partial charge in [-0.25, -0.2) is 4.39 Å². The molecule has 3 heteroatoms. The summed E-state index contributed by atoms with van der Waals surface area (Å²) in [5, 5.41) is 2.74. The highest BCUT2D eigenvalue weighted by Gasteiger charge is 2.33. The Morgan fingerprint density at radius 2 is 1.93 bits per heavy atom. The van der Waals surface area contributed by atoms with Crippen LogP contribution in [0.2, 0.25) is 0 Å². The third-order valence-electron chi connectivity index (χ3n) is 2.84. The molecular weight excluding hydrogens is 193 g/mol. The lowest BCUT2D eigenvalue weighted by atomic mass is 9.99. The van der Waals surface area contributed by atoms with Crippen molar-refractivity contribution in [2.75, 3.05) is 6.67 Å². The Morgan fingerprint density at radius 3 is 2.40 bits per heavy atom. The molecule has 0 aromatic heterocycles. The highest BCUT2D eigenvalue weighted by atomic mass is 19.1. The van der Waals surface area contributed by atoms with Gasteiger partial charge in [-0.05, 0) is 30.9 Å². The van der Waals surface area contributed by atoms with Gasteiger partial charge in [0.2, 0.25) is 0 Å². The van der Waals surface area contributed by atoms with Crippen molar-refractivity contribution in [1.82, 2.24) is 5.32 Å². The van der Waals surface area contributed by atoms with E-state index < -0.39 is 12.6 Å². The van der Waals surface area contributed by atoms with Crippen molar-refractivity contribution in [3.05, 3.63) is 35.4 Å². The number of carbonyl (C=O) groups excluding carboxylic acids is 1. The summed E-state index contributed by atoms with van der Waals surface area (Å²) in [5.74, 6) is -0.523. The fourth-order valence-electron chi connectivity index (χ4n) is 2.26. The van der Waals surface area contributed by atoms with Crippen LogP contribution < -0.4 is 5.32 Å². The zero-order chi connectivity index (χ0) is 10.9. The van der Waals surface area contributed by atoms with Gasteiger partial charge in [0.05, 0.1) is 0 Å². The number of benzene rings is 1. The molecule has 1 aromatic rings. The average molecular weight is 207 g/mol. The van der Waals surface area contributed by atoms with E-state index in [1.165, 1.54) is 11.1 Å². The van der Waals surface area contributed by atoms with E-state index in [1.54, 1.807) is 0 Å². The summed E-state index contributed by atoms with van der Waals surface area (Å²) < 4.78 is 12.1. The van der Waals surface area contributed by atoms with E-state index in [0.29, 0.717) is 0 Å². The molecule has 0 radical (unpaired) electrons. The van der Waals surface area contributed by atoms with Crippen molar-refractivity contribution in [2.45, 2.75) is 25.3 Å². The van der Waals surface area contributed by atoms with Crippen LogP contribution in [0.3, 0.4) is 0 Å². The minimum Gasteiger partial charge on any atom is -0.348 e. The van der Waals surface area contributed by atoms with Gasteiger partial charge in [-0.1, -0.05) is 24.3 Å². The first-order chi connectivity index (χ1) is 7.13. The molecule has 2 rings (SSSR count). The summed E-state index contributed by atoms with van der Waals surface area (Å²) in [6, 6.07) is 8.09. The summed E-state index contributed by atoms with van der Waals surface area (Å²) >= 11 is 0. The third-order valence-corrected chi connectivity index (χ3v) is 2.84. The number of rotatable bonds is 2. The number of hydrogen-bond donors (Lipinski definition) is 1. The van der Waals surface area contributed by atoms with Crippen LogP contribution in [0.1, 0.15) is 18.1 Å². The lowest BCUT2D eigenvalue weighted by Gasteiger charge is -2.24. The Bertz CT molecular complexity index is 364. The highest BCUT2D eigenvalue weighted by Crippen LogP contribution is 2.29. The summed E-state index contributed by atoms with van der Waals surface area (Å²) in [5.41, 5.74) is 2.19. The van der Waals surface area contributed by atoms with Gasteiger partial charge < -0.3 is 5.32 Å². The van der Waals surface area contributed by atoms with Gasteiger partial charge in [-0.15, -0.1) is 0 Å². The van der Waals surface area contributed by atoms with Gasteiger partial charge in [-0.2, -0.15) is 0 Å². The van der Waals surface area contributed by atoms with Gasteiger partial charge in [-0.3, -0.25) is 4.79 Å². The zero-order valence-electron chi connectivity index (χ0n) is 8.72. The lowest BCUT2D eigenvalue weighted by Crippen LogP contribution is -2.47. The van der Waals surface area contributed by atoms with E-state index >= 15 is 0 Å². The first-order valence-corrected chi connectivity index (χ1v) is 5.07. The molecule has 0 saturated carbocycles. The zero-order valence-corrected chi connectivity index (χ0v) is 8.72. The second-order valence-corrected chi connectivity index (χ2v) is 4.36. The van der Waals surface area contributed by atoms with E-state index in [0.717, 1.165) is 12.8 Å². The van der Waals surface area contributed by atoms with Crippen LogP contribution in [0.15, 0.2) is 24.3 Å². The van der Waals surface area contributed by atoms with E-state index in [4.69, 9.17) is 0 Å². The largest absolute Gasteiger partial charge is 0.348 e. The van der Waals surface area contributed by atoms with E-state index in [2.05, 4.69) is 17.4 Å². The Kier molecular flexibility index (Phi) is 2.47. The van der Waals surface area contributed by atoms with Crippen molar-refractivity contribution in [2.24, 2.45) is 0 Å². The summed E-state index contributed by atoms with van der Waals surface area (Å²) in [4.78, 5) is 11.0. The Morgan fingerprint density at radius 1 is 1.40 bits per heavy atom. The van der Waals surface area contributed by atoms with Gasteiger partial charge in [0.1, 0.15) is 0 Å². The maximum Gasteiger partial charge on any atom is 0.251 e. The minimum atomic E-state index is -0.939. The molecule has 1 aliphatic carbocycles. The molecule has 1 aromatic carbocycles. The van der Waals surface area contributed by atoms with Crippen LogP contribution in [0, 0.1) is 0 Å². The topological polar surface area (TPSA) is 29.1 Å². The molecule has 0 spiro atoms. The normalized spacial score (nSPS) is 17.2. The van der Waals surface area contributed by atoms with Crippen LogP contribution in [0.4, 0.5) is 4.39 Å². The van der Waals surface area contributed by atoms with Crippen molar-refractivity contribution in [1.29, 1.82) is 0 Å². The second kappa shape index (κ2) is 3.65. The molecule has 0 fully saturated rings. The number of nitrogens with one attached hydrogen (secondary N) is 1. The van der Waals surface area contributed by atoms with Crippen LogP contribution in [-0.2, 0) is 17.6 Å². The number of hydrogen-bond acceptors (Lipinski definition) is 1. The van der Waals surface area contributed by atoms with Crippen LogP contribution in [-0.4, -0.2) is 18.1 Å². The number of amides is 1. The first-order valence-electron chi connectivity index (χ1n) is 5.07. The average Bonchev–Trinajstić information content (AvgIpc) is 2.53. The number of fused-ring (bicyclic) bond motifs is 1. The summed E-state index contributed by atoms with van der Waals surface area (Å²) in [7, 11) is 0. The maximum absolute atomic E-state index is 12.1. The molecular formula is C12H14FNO. The van der Waals surface area contributed by atoms with Crippen LogP contribution in [0.25, 0.3) is 0 Å². The molecule has 0 aliphatic heterocycles. The summed E-state index contributed by atoms with van der Waals surface area (Å²) in [6.07, 6.45) is 1.57. The van der Waals surface area contributed by atoms with Crippen molar-refractivity contribution in [3.8, 4) is 0 Å². The summed E-state index contributed by atoms with van der Waals surface area (Å²) in [6.45, 7) is 1.02. The molecule has 15 heavy (non-hydrogen) atoms. The van der Waals surface area contributed by atoms with Crippen LogP contribution in [0.5, 0.6) is 0 Å². The molecule has 80 valence electrons. The molecule has 0 bridgehead atoms. The smallest absolute Gasteiger partial charge is 0.251 e. The van der Waals surface area contributed by atoms with E-state index in [9.17, 15) is 9.18 Å². The minimum absolute atomic E-state index is 0.313. The Hall–Kier alpha value is -1.38. The SMILES string of the molecule is CC1(NC(=O)CF)Cc2ccccc2C1. The van der Waals surface area contributed by atoms with Gasteiger partial charge in [0.15, 0.2) is 6.67 Å². The molecule has 0 heterocycles. The quantitative estimate of drug-likeness (QED) is 0.784. The third kappa shape index (κ3) is 2.01. The fourth-order valence-corrected chi connectivity index (χ4v) is 2.26. The van der Waals surface area contributed by atoms with Crippen molar-refractivity contribution >= 4 is 5.91 Å². The second-order valence-electron chi connectivity index (χ2n) is 4.36. The molecule has 2 nitrogen and oxygen atoms in total. The number of carbonyl (C=O) groups is 1. The van der Waals surface area contributed by atoms with E-state index in [1.807, 2.05) is 19.1 Å². The van der Waals surface area contributed by atoms with Gasteiger partial charge >= 0.3 is 0 Å². The lowest BCUT2D eigenvalue weighted by molar-refractivity contribution is -0.123. The Labute approximate surface area is 88.5 Å². The van der Waals surface area contributed by atoms with Crippen molar-refractivity contribution < 1.29 is 9.18 Å². The van der Waals surface area contributed by atoms with Gasteiger partial charge in [0, 0.05) is 5.54 Å². The molecule has 1 N–H and O–H groups in total. The number of alkyl halides is 1. The monoisotopic (exact) mass is 207 g/mol. The fraction of sp³-hybridized carbons (Fsp3) is 0.417. The number of halogens is 1. The predicted molar refractivity (Wildman–Crippen MR) is 56.4 cm³/mol. The molecule has 0 atom stereocenters. The molecule has 1 aliphatic rings. The highest BCUT2D eigenvalue weighted by molar-refractivity contribution is 5.78. The standard InChI is InChI=1S/C12H14FNO/c1-12(14-11(15)8-13)6-9-4-2-3-5-10(9)7-12/h2-5H,6-8H2,1H3,(H,14,15). The Balaban J connectivity index is 2.14. The van der Waals surface area contributed by atoms with Crippen molar-refractivity contribution in [3.63, 3.8) is 0 Å². The molecule has 0 unspecified atom stereocenters. The van der Waals surface area contributed by atoms with Gasteiger partial charge in [0.25, 0.3) is 5.91 Å². The first kappa shape index (κ1) is 10.1. The molecule has 1 amide bonds. The van der Waals surface area contributed by atoms with Crippen LogP contribution >= 0.6 is 0 Å². The molecule has 0 saturated heterocycles. The maximum atomic E-state index is 12.1.